The predicted molar refractivity (Wildman–Crippen MR) is 286 cm³/mol. The van der Waals surface area contributed by atoms with E-state index in [0.29, 0.717) is 0 Å². The maximum Gasteiger partial charge on any atom is 0.121 e. The summed E-state index contributed by atoms with van der Waals surface area (Å²) in [7, 11) is 0. The Hall–Kier alpha value is -6.92. The van der Waals surface area contributed by atoms with Crippen molar-refractivity contribution in [3.8, 4) is 35.1 Å². The number of rotatable bonds is 2. The molecule has 67 heavy (non-hydrogen) atoms. The molecule has 0 radical (unpaired) electrons. The first-order valence-electron chi connectivity index (χ1n) is 23.4. The first-order valence-corrected chi connectivity index (χ1v) is 24.1. The molecule has 3 aromatic heterocycles. The van der Waals surface area contributed by atoms with Gasteiger partial charge in [-0.25, -0.2) is 0 Å². The molecule has 0 aliphatic carbocycles. The number of hydrogen-bond acceptors (Lipinski definition) is 3. The summed E-state index contributed by atoms with van der Waals surface area (Å²) in [5.74, 6) is 13.6. The van der Waals surface area contributed by atoms with Crippen molar-refractivity contribution in [3.63, 3.8) is 0 Å². The molecule has 332 valence electrons. The van der Waals surface area contributed by atoms with Crippen molar-refractivity contribution in [1.82, 2.24) is 17.9 Å². The summed E-state index contributed by atoms with van der Waals surface area (Å²) >= 11 is 1.20. The molecule has 0 saturated heterocycles. The molecule has 4 nitrogen and oxygen atoms in total. The monoisotopic (exact) mass is 890 g/mol. The maximum absolute atomic E-state index is 4.68. The normalized spacial score (nSPS) is 12.5. The minimum atomic E-state index is 0.0532. The highest BCUT2D eigenvalue weighted by Crippen LogP contribution is 2.39. The Morgan fingerprint density at radius 1 is 0.343 bits per heavy atom. The van der Waals surface area contributed by atoms with E-state index < -0.39 is 0 Å². The summed E-state index contributed by atoms with van der Waals surface area (Å²) in [6.07, 6.45) is 0. The molecule has 0 aliphatic rings. The Balaban J connectivity index is 0.931. The Bertz CT molecular complexity index is 3320. The number of aromatic nitrogens is 4. The van der Waals surface area contributed by atoms with Crippen molar-refractivity contribution < 1.29 is 0 Å². The summed E-state index contributed by atoms with van der Waals surface area (Å²) < 4.78 is 14.1. The second-order valence-electron chi connectivity index (χ2n) is 22.3. The molecule has 0 atom stereocenters. The second-order valence-corrected chi connectivity index (χ2v) is 22.8. The lowest BCUT2D eigenvalue weighted by Gasteiger charge is -2.19. The Morgan fingerprint density at radius 3 is 0.896 bits per heavy atom. The van der Waals surface area contributed by atoms with Crippen LogP contribution in [0.5, 0.6) is 0 Å². The Kier molecular flexibility index (Phi) is 10.4. The van der Waals surface area contributed by atoms with E-state index in [2.05, 4.69) is 246 Å². The van der Waals surface area contributed by atoms with E-state index in [1.807, 2.05) is 12.1 Å². The van der Waals surface area contributed by atoms with Crippen LogP contribution in [0, 0.1) is 23.7 Å². The van der Waals surface area contributed by atoms with Crippen LogP contribution in [0.1, 0.15) is 128 Å². The van der Waals surface area contributed by atoms with Crippen molar-refractivity contribution in [2.24, 2.45) is 0 Å². The number of nitrogens with zero attached hydrogens (tertiary/aromatic N) is 4. The summed E-state index contributed by atoms with van der Waals surface area (Å²) in [6, 6.07) is 49.0. The molecule has 0 fully saturated rings. The molecule has 10 aromatic rings. The van der Waals surface area contributed by atoms with Gasteiger partial charge in [-0.3, -0.25) is 0 Å². The molecule has 0 N–H and O–H groups in total. The standard InChI is InChI=1S/C62H58N4S/c1-59(2,3)43-23-31-53-49(35-43)50-36-44(60(4,5)6)24-32-54(50)65(53)47-27-15-39(16-28-47)13-19-41-21-22-42(58-57(41)63-67-64-58)20-14-40-17-29-48(30-18-40)66-55-33-25-45(61(7,8)9)37-51(55)52-38-46(62(10,11)12)26-34-56(52)66/h15-18,21-38H,1-12H3. The smallest absolute Gasteiger partial charge is 0.121 e. The SMILES string of the molecule is CC(C)(C)c1ccc2c(c1)c1cc(C(C)(C)C)ccc1n2-c1ccc(C#Cc2ccc(C#Cc3ccc(-n4c5ccc(C(C)(C)C)cc5c5cc(C(C)(C)C)ccc54)cc3)c3nsnc23)cc1. The first-order chi connectivity index (χ1) is 31.7. The van der Waals surface area contributed by atoms with Gasteiger partial charge in [0, 0.05) is 44.0 Å². The van der Waals surface area contributed by atoms with Crippen molar-refractivity contribution in [3.05, 3.63) is 178 Å². The van der Waals surface area contributed by atoms with Gasteiger partial charge in [-0.1, -0.05) is 131 Å². The number of fused-ring (bicyclic) bond motifs is 7. The van der Waals surface area contributed by atoms with E-state index in [-0.39, 0.29) is 21.7 Å². The van der Waals surface area contributed by atoms with Crippen molar-refractivity contribution in [2.75, 3.05) is 0 Å². The van der Waals surface area contributed by atoms with Gasteiger partial charge in [0.1, 0.15) is 11.0 Å². The zero-order valence-electron chi connectivity index (χ0n) is 40.9. The minimum absolute atomic E-state index is 0.0532. The Labute approximate surface area is 400 Å². The molecule has 0 amide bonds. The van der Waals surface area contributed by atoms with Crippen LogP contribution in [-0.4, -0.2) is 17.9 Å². The quantitative estimate of drug-likeness (QED) is 0.162. The average Bonchev–Trinajstić information content (AvgIpc) is 4.00. The summed E-state index contributed by atoms with van der Waals surface area (Å²) in [4.78, 5) is 0. The van der Waals surface area contributed by atoms with Gasteiger partial charge in [0.15, 0.2) is 0 Å². The molecule has 0 aliphatic heterocycles. The molecular formula is C62H58N4S. The topological polar surface area (TPSA) is 35.6 Å². The highest BCUT2D eigenvalue weighted by molar-refractivity contribution is 7.00. The van der Waals surface area contributed by atoms with Gasteiger partial charge in [-0.05, 0) is 153 Å². The maximum atomic E-state index is 4.68. The third kappa shape index (κ3) is 8.11. The van der Waals surface area contributed by atoms with Gasteiger partial charge in [-0.2, -0.15) is 8.75 Å². The van der Waals surface area contributed by atoms with Crippen LogP contribution in [0.15, 0.2) is 133 Å². The highest BCUT2D eigenvalue weighted by atomic mass is 32.1. The van der Waals surface area contributed by atoms with Crippen LogP contribution in [0.4, 0.5) is 0 Å². The fraction of sp³-hybridized carbons (Fsp3) is 0.258. The van der Waals surface area contributed by atoms with Crippen LogP contribution in [-0.2, 0) is 21.7 Å². The van der Waals surface area contributed by atoms with Gasteiger partial charge in [0.05, 0.1) is 44.9 Å². The van der Waals surface area contributed by atoms with Crippen LogP contribution >= 0.6 is 11.7 Å². The fourth-order valence-corrected chi connectivity index (χ4v) is 9.78. The van der Waals surface area contributed by atoms with E-state index in [1.54, 1.807) is 0 Å². The largest absolute Gasteiger partial charge is 0.309 e. The molecule has 0 bridgehead atoms. The van der Waals surface area contributed by atoms with Crippen molar-refractivity contribution in [1.29, 1.82) is 0 Å². The van der Waals surface area contributed by atoms with Crippen molar-refractivity contribution >= 4 is 66.4 Å². The lowest BCUT2D eigenvalue weighted by Crippen LogP contribution is -2.10. The van der Waals surface area contributed by atoms with Crippen LogP contribution in [0.2, 0.25) is 0 Å². The lowest BCUT2D eigenvalue weighted by molar-refractivity contribution is 0.590. The van der Waals surface area contributed by atoms with E-state index in [0.717, 1.165) is 44.7 Å². The molecule has 0 unspecified atom stereocenters. The van der Waals surface area contributed by atoms with Crippen LogP contribution in [0.25, 0.3) is 66.0 Å². The summed E-state index contributed by atoms with van der Waals surface area (Å²) in [5.41, 5.74) is 17.7. The fourth-order valence-electron chi connectivity index (χ4n) is 9.20. The number of benzene rings is 7. The molecule has 10 rings (SSSR count). The van der Waals surface area contributed by atoms with E-state index >= 15 is 0 Å². The second kappa shape index (κ2) is 15.9. The lowest BCUT2D eigenvalue weighted by atomic mass is 9.85. The highest BCUT2D eigenvalue weighted by Gasteiger charge is 2.23. The van der Waals surface area contributed by atoms with E-state index in [9.17, 15) is 0 Å². The van der Waals surface area contributed by atoms with Gasteiger partial charge in [0.2, 0.25) is 0 Å². The average molecular weight is 891 g/mol. The Morgan fingerprint density at radius 2 is 0.627 bits per heavy atom. The summed E-state index contributed by atoms with van der Waals surface area (Å²) in [6.45, 7) is 27.4. The summed E-state index contributed by atoms with van der Waals surface area (Å²) in [5, 5.41) is 5.13. The van der Waals surface area contributed by atoms with Gasteiger partial charge >= 0.3 is 0 Å². The molecule has 0 spiro atoms. The first kappa shape index (κ1) is 43.9. The minimum Gasteiger partial charge on any atom is -0.309 e. The molecule has 0 saturated carbocycles. The van der Waals surface area contributed by atoms with Gasteiger partial charge < -0.3 is 9.13 Å². The zero-order valence-corrected chi connectivity index (χ0v) is 41.7. The predicted octanol–water partition coefficient (Wildman–Crippen LogP) is 15.9. The molecule has 7 aromatic carbocycles. The molecule has 3 heterocycles. The third-order valence-corrected chi connectivity index (χ3v) is 13.9. The van der Waals surface area contributed by atoms with Gasteiger partial charge in [0.25, 0.3) is 0 Å². The van der Waals surface area contributed by atoms with E-state index in [1.165, 1.54) is 77.6 Å². The van der Waals surface area contributed by atoms with Gasteiger partial charge in [-0.15, -0.1) is 0 Å². The van der Waals surface area contributed by atoms with Crippen LogP contribution < -0.4 is 0 Å². The molecular weight excluding hydrogens is 833 g/mol. The van der Waals surface area contributed by atoms with Crippen LogP contribution in [0.3, 0.4) is 0 Å². The third-order valence-electron chi connectivity index (χ3n) is 13.3. The zero-order chi connectivity index (χ0) is 47.2. The van der Waals surface area contributed by atoms with Crippen molar-refractivity contribution in [2.45, 2.75) is 105 Å². The molecule has 5 heteroatoms. The number of hydrogen-bond donors (Lipinski definition) is 0. The van der Waals surface area contributed by atoms with E-state index in [4.69, 9.17) is 0 Å².